The zero-order valence-corrected chi connectivity index (χ0v) is 14.9. The average molecular weight is 316 g/mol. The third-order valence-electron chi connectivity index (χ3n) is 4.60. The molecule has 2 nitrogen and oxygen atoms in total. The van der Waals surface area contributed by atoms with Crippen LogP contribution in [0.15, 0.2) is 29.8 Å². The normalized spacial score (nSPS) is 13.7. The Bertz CT molecular complexity index is 467. The van der Waals surface area contributed by atoms with Crippen molar-refractivity contribution in [3.63, 3.8) is 0 Å². The van der Waals surface area contributed by atoms with E-state index in [1.807, 2.05) is 0 Å². The van der Waals surface area contributed by atoms with E-state index in [0.717, 1.165) is 5.76 Å². The van der Waals surface area contributed by atoms with Gasteiger partial charge in [0.2, 0.25) is 0 Å². The van der Waals surface area contributed by atoms with Crippen LogP contribution in [0.3, 0.4) is 0 Å². The molecule has 128 valence electrons. The number of rotatable bonds is 11. The Kier molecular flexibility index (Phi) is 8.24. The van der Waals surface area contributed by atoms with Crippen LogP contribution in [0.4, 0.5) is 0 Å². The number of aryl methyl sites for hydroxylation is 1. The van der Waals surface area contributed by atoms with Crippen LogP contribution >= 0.6 is 0 Å². The van der Waals surface area contributed by atoms with Gasteiger partial charge in [-0.1, -0.05) is 56.9 Å². The van der Waals surface area contributed by atoms with E-state index in [1.54, 1.807) is 7.11 Å². The molecule has 23 heavy (non-hydrogen) atoms. The Morgan fingerprint density at radius 1 is 0.957 bits per heavy atom. The second-order valence-electron chi connectivity index (χ2n) is 6.49. The summed E-state index contributed by atoms with van der Waals surface area (Å²) in [5.74, 6) is 1.10. The third kappa shape index (κ3) is 6.02. The van der Waals surface area contributed by atoms with Crippen molar-refractivity contribution in [2.45, 2.75) is 64.7 Å². The highest BCUT2D eigenvalue weighted by molar-refractivity contribution is 5.64. The lowest BCUT2D eigenvalue weighted by Gasteiger charge is -2.22. The Labute approximate surface area is 141 Å². The van der Waals surface area contributed by atoms with Gasteiger partial charge >= 0.3 is 0 Å². The summed E-state index contributed by atoms with van der Waals surface area (Å²) in [5.41, 5.74) is 4.14. The minimum Gasteiger partial charge on any atom is -0.491 e. The molecule has 1 aliphatic carbocycles. The van der Waals surface area contributed by atoms with Crippen molar-refractivity contribution in [3.8, 4) is 0 Å². The number of benzene rings is 1. The third-order valence-corrected chi connectivity index (χ3v) is 4.60. The van der Waals surface area contributed by atoms with Crippen molar-refractivity contribution in [2.24, 2.45) is 0 Å². The fourth-order valence-electron chi connectivity index (χ4n) is 2.95. The molecule has 1 saturated carbocycles. The molecule has 0 atom stereocenters. The molecule has 0 aromatic heterocycles. The first-order chi connectivity index (χ1) is 11.3. The average Bonchev–Trinajstić information content (AvgIpc) is 2.53. The maximum Gasteiger partial charge on any atom is 0.125 e. The van der Waals surface area contributed by atoms with Crippen LogP contribution in [0.2, 0.25) is 0 Å². The van der Waals surface area contributed by atoms with Crippen LogP contribution in [-0.2, 0) is 15.9 Å². The van der Waals surface area contributed by atoms with Gasteiger partial charge in [-0.15, -0.1) is 0 Å². The standard InChI is InChI=1S/C21H32O2/c1-3-4-5-6-7-9-18-12-14-20(15-13-18)21(19-10-8-11-19)23-17-16-22-2/h12-15H,3-11,16-17H2,1-2H3. The van der Waals surface area contributed by atoms with Crippen LogP contribution < -0.4 is 0 Å². The molecular formula is C21H32O2. The molecule has 0 saturated heterocycles. The van der Waals surface area contributed by atoms with Crippen LogP contribution in [0.1, 0.15) is 69.4 Å². The molecule has 0 aliphatic heterocycles. The number of allylic oxidation sites excluding steroid dienone is 1. The molecule has 0 spiro atoms. The molecule has 1 aromatic rings. The molecule has 0 radical (unpaired) electrons. The molecule has 2 rings (SSSR count). The molecule has 0 amide bonds. The first-order valence-electron chi connectivity index (χ1n) is 9.28. The second-order valence-corrected chi connectivity index (χ2v) is 6.49. The van der Waals surface area contributed by atoms with Gasteiger partial charge in [-0.2, -0.15) is 0 Å². The molecule has 0 heterocycles. The van der Waals surface area contributed by atoms with Gasteiger partial charge < -0.3 is 9.47 Å². The lowest BCUT2D eigenvalue weighted by Crippen LogP contribution is -2.08. The van der Waals surface area contributed by atoms with Crippen LogP contribution in [0.5, 0.6) is 0 Å². The summed E-state index contributed by atoms with van der Waals surface area (Å²) in [5, 5.41) is 0. The predicted octanol–water partition coefficient (Wildman–Crippen LogP) is 5.76. The molecular weight excluding hydrogens is 284 g/mol. The van der Waals surface area contributed by atoms with Crippen molar-refractivity contribution < 1.29 is 9.47 Å². The number of hydrogen-bond donors (Lipinski definition) is 0. The van der Waals surface area contributed by atoms with Gasteiger partial charge in [-0.25, -0.2) is 0 Å². The fraction of sp³-hybridized carbons (Fsp3) is 0.619. The summed E-state index contributed by atoms with van der Waals surface area (Å²) in [6.45, 7) is 3.54. The maximum atomic E-state index is 5.99. The lowest BCUT2D eigenvalue weighted by molar-refractivity contribution is 0.132. The van der Waals surface area contributed by atoms with E-state index in [2.05, 4.69) is 31.2 Å². The van der Waals surface area contributed by atoms with Gasteiger partial charge in [-0.3, -0.25) is 0 Å². The largest absolute Gasteiger partial charge is 0.491 e. The van der Waals surface area contributed by atoms with Gasteiger partial charge in [-0.05, 0) is 43.2 Å². The van der Waals surface area contributed by atoms with Crippen LogP contribution in [-0.4, -0.2) is 20.3 Å². The first kappa shape index (κ1) is 18.1. The Hall–Kier alpha value is -1.28. The number of methoxy groups -OCH3 is 1. The number of ether oxygens (including phenoxy) is 2. The topological polar surface area (TPSA) is 18.5 Å². The van der Waals surface area contributed by atoms with Crippen molar-refractivity contribution >= 4 is 5.76 Å². The van der Waals surface area contributed by atoms with Crippen LogP contribution in [0, 0.1) is 0 Å². The minimum absolute atomic E-state index is 0.633. The van der Waals surface area contributed by atoms with Crippen molar-refractivity contribution in [2.75, 3.05) is 20.3 Å². The summed E-state index contributed by atoms with van der Waals surface area (Å²) in [6, 6.07) is 9.01. The quantitative estimate of drug-likeness (QED) is 0.382. The van der Waals surface area contributed by atoms with Gasteiger partial charge in [0.1, 0.15) is 12.4 Å². The summed E-state index contributed by atoms with van der Waals surface area (Å²) in [6.07, 6.45) is 11.6. The van der Waals surface area contributed by atoms with E-state index in [-0.39, 0.29) is 0 Å². The monoisotopic (exact) mass is 316 g/mol. The molecule has 0 bridgehead atoms. The summed E-state index contributed by atoms with van der Waals surface area (Å²) in [4.78, 5) is 0. The van der Waals surface area contributed by atoms with Crippen molar-refractivity contribution in [3.05, 3.63) is 41.0 Å². The second kappa shape index (κ2) is 10.5. The molecule has 1 aromatic carbocycles. The number of unbranched alkanes of at least 4 members (excludes halogenated alkanes) is 4. The molecule has 0 unspecified atom stereocenters. The van der Waals surface area contributed by atoms with E-state index in [4.69, 9.17) is 9.47 Å². The van der Waals surface area contributed by atoms with Gasteiger partial charge in [0.25, 0.3) is 0 Å². The van der Waals surface area contributed by atoms with Gasteiger partial charge in [0, 0.05) is 12.7 Å². The minimum atomic E-state index is 0.633. The zero-order chi connectivity index (χ0) is 16.3. The Balaban J connectivity index is 1.88. The van der Waals surface area contributed by atoms with E-state index in [9.17, 15) is 0 Å². The highest BCUT2D eigenvalue weighted by atomic mass is 16.5. The van der Waals surface area contributed by atoms with Crippen molar-refractivity contribution in [1.82, 2.24) is 0 Å². The van der Waals surface area contributed by atoms with E-state index >= 15 is 0 Å². The molecule has 2 heteroatoms. The highest BCUT2D eigenvalue weighted by Gasteiger charge is 2.17. The molecule has 0 N–H and O–H groups in total. The fourth-order valence-corrected chi connectivity index (χ4v) is 2.95. The smallest absolute Gasteiger partial charge is 0.125 e. The van der Waals surface area contributed by atoms with Gasteiger partial charge in [0.05, 0.1) is 6.61 Å². The van der Waals surface area contributed by atoms with Crippen LogP contribution in [0.25, 0.3) is 5.76 Å². The Morgan fingerprint density at radius 2 is 1.70 bits per heavy atom. The zero-order valence-electron chi connectivity index (χ0n) is 14.9. The van der Waals surface area contributed by atoms with Crippen molar-refractivity contribution in [1.29, 1.82) is 0 Å². The maximum absolute atomic E-state index is 5.99. The summed E-state index contributed by atoms with van der Waals surface area (Å²) < 4.78 is 11.1. The number of hydrogen-bond acceptors (Lipinski definition) is 2. The summed E-state index contributed by atoms with van der Waals surface area (Å²) in [7, 11) is 1.72. The molecule has 1 aliphatic rings. The van der Waals surface area contributed by atoms with E-state index < -0.39 is 0 Å². The lowest BCUT2D eigenvalue weighted by atomic mass is 9.89. The SMILES string of the molecule is CCCCCCCc1ccc(C(OCCOC)=C2CCC2)cc1. The molecule has 1 fully saturated rings. The summed E-state index contributed by atoms with van der Waals surface area (Å²) >= 11 is 0. The van der Waals surface area contributed by atoms with E-state index in [0.29, 0.717) is 13.2 Å². The first-order valence-corrected chi connectivity index (χ1v) is 9.28. The van der Waals surface area contributed by atoms with Gasteiger partial charge in [0.15, 0.2) is 0 Å². The highest BCUT2D eigenvalue weighted by Crippen LogP contribution is 2.34. The Morgan fingerprint density at radius 3 is 2.30 bits per heavy atom. The van der Waals surface area contributed by atoms with E-state index in [1.165, 1.54) is 74.5 Å². The predicted molar refractivity (Wildman–Crippen MR) is 97.5 cm³/mol.